The van der Waals surface area contributed by atoms with Crippen molar-refractivity contribution in [3.8, 4) is 16.9 Å². The molecule has 5 rings (SSSR count). The predicted molar refractivity (Wildman–Crippen MR) is 125 cm³/mol. The third kappa shape index (κ3) is 3.38. The number of nitrogens with zero attached hydrogens (tertiary/aromatic N) is 3. The Morgan fingerprint density at radius 3 is 2.45 bits per heavy atom. The van der Waals surface area contributed by atoms with Crippen molar-refractivity contribution >= 4 is 16.6 Å². The van der Waals surface area contributed by atoms with Crippen LogP contribution in [0.3, 0.4) is 0 Å². The fourth-order valence-corrected chi connectivity index (χ4v) is 4.66. The minimum absolute atomic E-state index is 0.0205. The lowest BCUT2D eigenvalue weighted by Crippen LogP contribution is -2.31. The standard InChI is InChI=1S/C25H26N4O2/c1-2-28-21-12-11-19(29-23(17-26-25(29)31)18-9-5-3-6-10-18)15-20(21)22(16-24(28)30)27-13-7-4-8-14-27/h3,5-6,9-12,15-17H,2,4,7-8,13-14H2,1H3,(H,26,31). The number of H-pyrrole nitrogens is 1. The minimum Gasteiger partial charge on any atom is -0.371 e. The van der Waals surface area contributed by atoms with E-state index in [9.17, 15) is 9.59 Å². The quantitative estimate of drug-likeness (QED) is 0.545. The molecule has 1 aliphatic heterocycles. The van der Waals surface area contributed by atoms with Gasteiger partial charge in [0.1, 0.15) is 0 Å². The summed E-state index contributed by atoms with van der Waals surface area (Å²) in [5.41, 5.74) is 4.29. The van der Waals surface area contributed by atoms with E-state index in [-0.39, 0.29) is 11.2 Å². The van der Waals surface area contributed by atoms with Gasteiger partial charge in [0.2, 0.25) is 0 Å². The van der Waals surface area contributed by atoms with Crippen molar-refractivity contribution in [2.45, 2.75) is 32.7 Å². The molecule has 158 valence electrons. The van der Waals surface area contributed by atoms with Gasteiger partial charge < -0.3 is 14.5 Å². The van der Waals surface area contributed by atoms with E-state index in [0.717, 1.165) is 59.5 Å². The SMILES string of the molecule is CCn1c(=O)cc(N2CCCCC2)c2cc(-n3c(-c4ccccc4)c[nH]c3=O)ccc21. The summed E-state index contributed by atoms with van der Waals surface area (Å²) in [6.07, 6.45) is 5.24. The Morgan fingerprint density at radius 1 is 0.935 bits per heavy atom. The fraction of sp³-hybridized carbons (Fsp3) is 0.280. The number of aryl methyl sites for hydroxylation is 1. The van der Waals surface area contributed by atoms with E-state index in [1.165, 1.54) is 6.42 Å². The van der Waals surface area contributed by atoms with Gasteiger partial charge >= 0.3 is 5.69 Å². The summed E-state index contributed by atoms with van der Waals surface area (Å²) in [7, 11) is 0. The Hall–Kier alpha value is -3.54. The highest BCUT2D eigenvalue weighted by atomic mass is 16.1. The first-order valence-electron chi connectivity index (χ1n) is 11.0. The average molecular weight is 415 g/mol. The van der Waals surface area contributed by atoms with E-state index < -0.39 is 0 Å². The largest absolute Gasteiger partial charge is 0.371 e. The monoisotopic (exact) mass is 414 g/mol. The van der Waals surface area contributed by atoms with Crippen molar-refractivity contribution in [3.63, 3.8) is 0 Å². The maximum atomic E-state index is 12.8. The number of fused-ring (bicyclic) bond motifs is 1. The molecule has 31 heavy (non-hydrogen) atoms. The zero-order chi connectivity index (χ0) is 21.4. The summed E-state index contributed by atoms with van der Waals surface area (Å²) >= 11 is 0. The van der Waals surface area contributed by atoms with E-state index in [1.54, 1.807) is 21.4 Å². The van der Waals surface area contributed by atoms with Crippen molar-refractivity contribution in [1.29, 1.82) is 0 Å². The highest BCUT2D eigenvalue weighted by molar-refractivity contribution is 5.93. The Bertz CT molecular complexity index is 1340. The third-order valence-corrected chi connectivity index (χ3v) is 6.19. The lowest BCUT2D eigenvalue weighted by molar-refractivity contribution is 0.578. The molecule has 3 heterocycles. The van der Waals surface area contributed by atoms with Crippen LogP contribution < -0.4 is 16.1 Å². The molecule has 1 saturated heterocycles. The lowest BCUT2D eigenvalue weighted by atomic mass is 10.1. The van der Waals surface area contributed by atoms with Gasteiger partial charge in [0.25, 0.3) is 5.56 Å². The Labute approximate surface area is 180 Å². The number of pyridine rings is 1. The molecule has 1 N–H and O–H groups in total. The van der Waals surface area contributed by atoms with Crippen molar-refractivity contribution in [1.82, 2.24) is 14.1 Å². The molecular formula is C25H26N4O2. The molecule has 2 aromatic heterocycles. The zero-order valence-corrected chi connectivity index (χ0v) is 17.7. The van der Waals surface area contributed by atoms with Crippen molar-refractivity contribution < 1.29 is 0 Å². The normalized spacial score (nSPS) is 14.3. The molecule has 0 aliphatic carbocycles. The van der Waals surface area contributed by atoms with E-state index >= 15 is 0 Å². The average Bonchev–Trinajstić information content (AvgIpc) is 3.21. The van der Waals surface area contributed by atoms with E-state index in [2.05, 4.69) is 9.88 Å². The minimum atomic E-state index is -0.179. The highest BCUT2D eigenvalue weighted by Crippen LogP contribution is 2.30. The van der Waals surface area contributed by atoms with Gasteiger partial charge in [-0.1, -0.05) is 30.3 Å². The molecule has 0 bridgehead atoms. The number of imidazole rings is 1. The lowest BCUT2D eigenvalue weighted by Gasteiger charge is -2.30. The van der Waals surface area contributed by atoms with Gasteiger partial charge in [0.05, 0.1) is 22.6 Å². The topological polar surface area (TPSA) is 63.0 Å². The maximum absolute atomic E-state index is 12.8. The van der Waals surface area contributed by atoms with Crippen LogP contribution in [0.2, 0.25) is 0 Å². The second-order valence-electron chi connectivity index (χ2n) is 8.04. The number of aromatic amines is 1. The van der Waals surface area contributed by atoms with Crippen LogP contribution in [-0.2, 0) is 6.54 Å². The number of piperidine rings is 1. The van der Waals surface area contributed by atoms with Gasteiger partial charge in [-0.25, -0.2) is 4.79 Å². The summed E-state index contributed by atoms with van der Waals surface area (Å²) < 4.78 is 3.50. The first-order valence-corrected chi connectivity index (χ1v) is 11.0. The molecule has 4 aromatic rings. The number of aromatic nitrogens is 3. The molecule has 0 spiro atoms. The van der Waals surface area contributed by atoms with Crippen LogP contribution in [0.15, 0.2) is 70.4 Å². The fourth-order valence-electron chi connectivity index (χ4n) is 4.66. The summed E-state index contributed by atoms with van der Waals surface area (Å²) in [6.45, 7) is 4.50. The number of benzene rings is 2. The Balaban J connectivity index is 1.74. The highest BCUT2D eigenvalue weighted by Gasteiger charge is 2.18. The predicted octanol–water partition coefficient (Wildman–Crippen LogP) is 4.16. The van der Waals surface area contributed by atoms with Crippen LogP contribution in [0, 0.1) is 0 Å². The molecule has 0 radical (unpaired) electrons. The van der Waals surface area contributed by atoms with E-state index in [0.29, 0.717) is 6.54 Å². The van der Waals surface area contributed by atoms with Gasteiger partial charge in [-0.3, -0.25) is 9.36 Å². The number of anilines is 1. The number of hydrogen-bond donors (Lipinski definition) is 1. The smallest absolute Gasteiger partial charge is 0.330 e. The molecule has 1 aliphatic rings. The summed E-state index contributed by atoms with van der Waals surface area (Å²) in [6, 6.07) is 17.6. The van der Waals surface area contributed by atoms with E-state index in [4.69, 9.17) is 0 Å². The Morgan fingerprint density at radius 2 is 1.71 bits per heavy atom. The van der Waals surface area contributed by atoms with Crippen LogP contribution in [-0.4, -0.2) is 27.2 Å². The molecule has 6 heteroatoms. The number of rotatable bonds is 4. The van der Waals surface area contributed by atoms with Crippen molar-refractivity contribution in [2.75, 3.05) is 18.0 Å². The number of nitrogens with one attached hydrogen (secondary N) is 1. The van der Waals surface area contributed by atoms with Crippen molar-refractivity contribution in [3.05, 3.63) is 81.6 Å². The molecule has 0 saturated carbocycles. The summed E-state index contributed by atoms with van der Waals surface area (Å²) in [4.78, 5) is 30.7. The first kappa shape index (κ1) is 19.4. The van der Waals surface area contributed by atoms with Crippen LogP contribution in [0.1, 0.15) is 26.2 Å². The first-order chi connectivity index (χ1) is 15.2. The molecule has 2 aromatic carbocycles. The maximum Gasteiger partial charge on any atom is 0.330 e. The van der Waals surface area contributed by atoms with Crippen LogP contribution in [0.4, 0.5) is 5.69 Å². The zero-order valence-electron chi connectivity index (χ0n) is 17.7. The van der Waals surface area contributed by atoms with Gasteiger partial charge in [-0.2, -0.15) is 0 Å². The molecule has 6 nitrogen and oxygen atoms in total. The van der Waals surface area contributed by atoms with E-state index in [1.807, 2.05) is 55.5 Å². The summed E-state index contributed by atoms with van der Waals surface area (Å²) in [5, 5.41) is 1.01. The Kier molecular flexibility index (Phi) is 4.98. The number of hydrogen-bond acceptors (Lipinski definition) is 3. The van der Waals surface area contributed by atoms with Gasteiger partial charge in [-0.15, -0.1) is 0 Å². The second-order valence-corrected chi connectivity index (χ2v) is 8.04. The van der Waals surface area contributed by atoms with Gasteiger partial charge in [0, 0.05) is 42.8 Å². The van der Waals surface area contributed by atoms with Gasteiger partial charge in [-0.05, 0) is 44.4 Å². The second kappa shape index (κ2) is 7.95. The third-order valence-electron chi connectivity index (χ3n) is 6.19. The molecular weight excluding hydrogens is 388 g/mol. The summed E-state index contributed by atoms with van der Waals surface area (Å²) in [5.74, 6) is 0. The molecule has 1 fully saturated rings. The van der Waals surface area contributed by atoms with Crippen LogP contribution in [0.25, 0.3) is 27.8 Å². The van der Waals surface area contributed by atoms with Crippen LogP contribution in [0.5, 0.6) is 0 Å². The van der Waals surface area contributed by atoms with Crippen molar-refractivity contribution in [2.24, 2.45) is 0 Å². The van der Waals surface area contributed by atoms with Gasteiger partial charge in [0.15, 0.2) is 0 Å². The molecule has 0 amide bonds. The molecule has 0 unspecified atom stereocenters. The van der Waals surface area contributed by atoms with Crippen LogP contribution >= 0.6 is 0 Å². The molecule has 0 atom stereocenters.